The highest BCUT2D eigenvalue weighted by Gasteiger charge is 2.36. The van der Waals surface area contributed by atoms with Crippen molar-refractivity contribution in [3.05, 3.63) is 60.3 Å². The fourth-order valence-electron chi connectivity index (χ4n) is 3.87. The van der Waals surface area contributed by atoms with Crippen LogP contribution in [-0.4, -0.2) is 45.0 Å². The molecule has 0 saturated carbocycles. The minimum Gasteiger partial charge on any atom is -0.367 e. The lowest BCUT2D eigenvalue weighted by Crippen LogP contribution is -2.43. The van der Waals surface area contributed by atoms with Gasteiger partial charge in [0.1, 0.15) is 11.9 Å². The SMILES string of the molecule is CC(C)N(C(C)C)P(OC(CNc1ccccn1)c1ccccc1)N(C(C)C)C(C)C. The van der Waals surface area contributed by atoms with Gasteiger partial charge in [-0.05, 0) is 73.1 Å². The van der Waals surface area contributed by atoms with Crippen molar-refractivity contribution in [3.8, 4) is 0 Å². The Balaban J connectivity index is 2.39. The molecule has 1 atom stereocenters. The summed E-state index contributed by atoms with van der Waals surface area (Å²) in [4.78, 5) is 4.42. The molecule has 0 aliphatic heterocycles. The van der Waals surface area contributed by atoms with Crippen molar-refractivity contribution < 1.29 is 4.52 Å². The Labute approximate surface area is 191 Å². The standard InChI is InChI=1S/C25H41N4OP/c1-19(2)28(20(3)4)31(29(21(5)6)22(7)8)30-24(23-14-10-9-11-15-23)18-27-25-16-12-13-17-26-25/h9-17,19-22,24H,18H2,1-8H3,(H,26,27). The van der Waals surface area contributed by atoms with E-state index in [2.05, 4.69) is 105 Å². The summed E-state index contributed by atoms with van der Waals surface area (Å²) >= 11 is 0. The third-order valence-corrected chi connectivity index (χ3v) is 8.12. The summed E-state index contributed by atoms with van der Waals surface area (Å²) in [5, 5.41) is 3.48. The van der Waals surface area contributed by atoms with Crippen molar-refractivity contribution in [3.63, 3.8) is 0 Å². The first-order valence-corrected chi connectivity index (χ1v) is 12.6. The van der Waals surface area contributed by atoms with E-state index in [1.54, 1.807) is 0 Å². The third kappa shape index (κ3) is 7.54. The van der Waals surface area contributed by atoms with E-state index in [-0.39, 0.29) is 6.10 Å². The molecule has 1 unspecified atom stereocenters. The Morgan fingerprint density at radius 1 is 0.774 bits per heavy atom. The van der Waals surface area contributed by atoms with Crippen LogP contribution in [0.1, 0.15) is 67.1 Å². The fraction of sp³-hybridized carbons (Fsp3) is 0.560. The van der Waals surface area contributed by atoms with Gasteiger partial charge in [0, 0.05) is 36.9 Å². The molecule has 2 rings (SSSR count). The topological polar surface area (TPSA) is 40.6 Å². The summed E-state index contributed by atoms with van der Waals surface area (Å²) < 4.78 is 12.1. The molecule has 2 aromatic rings. The Bertz CT molecular complexity index is 704. The zero-order valence-electron chi connectivity index (χ0n) is 20.5. The van der Waals surface area contributed by atoms with Crippen LogP contribution in [0.3, 0.4) is 0 Å². The molecule has 0 aliphatic rings. The molecule has 1 heterocycles. The van der Waals surface area contributed by atoms with Gasteiger partial charge in [0.15, 0.2) is 8.45 Å². The molecule has 1 aromatic heterocycles. The summed E-state index contributed by atoms with van der Waals surface area (Å²) in [5.41, 5.74) is 1.18. The van der Waals surface area contributed by atoms with Crippen molar-refractivity contribution in [1.29, 1.82) is 0 Å². The molecule has 1 N–H and O–H groups in total. The molecule has 0 radical (unpaired) electrons. The number of anilines is 1. The minimum atomic E-state index is -0.982. The average Bonchev–Trinajstić information content (AvgIpc) is 2.71. The average molecular weight is 445 g/mol. The molecular formula is C25H41N4OP. The molecular weight excluding hydrogens is 403 g/mol. The lowest BCUT2D eigenvalue weighted by molar-refractivity contribution is 0.149. The van der Waals surface area contributed by atoms with E-state index < -0.39 is 8.45 Å². The van der Waals surface area contributed by atoms with Gasteiger partial charge in [0.2, 0.25) is 0 Å². The maximum atomic E-state index is 7.05. The van der Waals surface area contributed by atoms with Gasteiger partial charge >= 0.3 is 0 Å². The Morgan fingerprint density at radius 2 is 1.29 bits per heavy atom. The maximum absolute atomic E-state index is 7.05. The molecule has 5 nitrogen and oxygen atoms in total. The summed E-state index contributed by atoms with van der Waals surface area (Å²) in [6.07, 6.45) is 1.72. The maximum Gasteiger partial charge on any atom is 0.189 e. The van der Waals surface area contributed by atoms with Gasteiger partial charge in [-0.3, -0.25) is 0 Å². The van der Waals surface area contributed by atoms with Crippen LogP contribution in [0.15, 0.2) is 54.7 Å². The summed E-state index contributed by atoms with van der Waals surface area (Å²) in [6, 6.07) is 18.0. The number of nitrogens with one attached hydrogen (secondary N) is 1. The van der Waals surface area contributed by atoms with Crippen LogP contribution in [-0.2, 0) is 4.52 Å². The molecule has 0 aliphatic carbocycles. The van der Waals surface area contributed by atoms with Crippen LogP contribution in [0.4, 0.5) is 5.82 Å². The molecule has 31 heavy (non-hydrogen) atoms. The van der Waals surface area contributed by atoms with E-state index in [9.17, 15) is 0 Å². The van der Waals surface area contributed by atoms with E-state index in [0.717, 1.165) is 5.82 Å². The monoisotopic (exact) mass is 444 g/mol. The number of nitrogens with zero attached hydrogens (tertiary/aromatic N) is 3. The first kappa shape index (κ1) is 25.7. The van der Waals surface area contributed by atoms with Crippen LogP contribution >= 0.6 is 8.45 Å². The lowest BCUT2D eigenvalue weighted by atomic mass is 10.1. The molecule has 0 fully saturated rings. The van der Waals surface area contributed by atoms with Crippen molar-refractivity contribution >= 4 is 14.3 Å². The summed E-state index contributed by atoms with van der Waals surface area (Å²) in [7, 11) is -0.982. The third-order valence-electron chi connectivity index (χ3n) is 5.04. The van der Waals surface area contributed by atoms with E-state index in [4.69, 9.17) is 4.52 Å². The van der Waals surface area contributed by atoms with Crippen LogP contribution in [0.2, 0.25) is 0 Å². The molecule has 0 amide bonds. The van der Waals surface area contributed by atoms with Gasteiger partial charge in [-0.2, -0.15) is 0 Å². The second-order valence-electron chi connectivity index (χ2n) is 8.99. The van der Waals surface area contributed by atoms with Crippen LogP contribution < -0.4 is 5.32 Å². The quantitative estimate of drug-likeness (QED) is 0.368. The first-order chi connectivity index (χ1) is 14.7. The second kappa shape index (κ2) is 12.5. The number of hydrogen-bond donors (Lipinski definition) is 1. The van der Waals surface area contributed by atoms with E-state index >= 15 is 0 Å². The Hall–Kier alpha value is -1.52. The minimum absolute atomic E-state index is 0.0886. The zero-order valence-corrected chi connectivity index (χ0v) is 21.4. The van der Waals surface area contributed by atoms with Crippen molar-refractivity contribution in [2.24, 2.45) is 0 Å². The van der Waals surface area contributed by atoms with Crippen LogP contribution in [0.25, 0.3) is 0 Å². The number of pyridine rings is 1. The Morgan fingerprint density at radius 3 is 1.74 bits per heavy atom. The number of aromatic nitrogens is 1. The summed E-state index contributed by atoms with van der Waals surface area (Å²) in [6.45, 7) is 18.8. The fourth-order valence-corrected chi connectivity index (χ4v) is 6.33. The lowest BCUT2D eigenvalue weighted by Gasteiger charge is -2.46. The highest BCUT2D eigenvalue weighted by atomic mass is 31.2. The van der Waals surface area contributed by atoms with Gasteiger partial charge in [-0.1, -0.05) is 36.4 Å². The second-order valence-corrected chi connectivity index (χ2v) is 10.6. The number of rotatable bonds is 12. The van der Waals surface area contributed by atoms with Gasteiger partial charge in [-0.15, -0.1) is 0 Å². The van der Waals surface area contributed by atoms with Gasteiger partial charge in [0.25, 0.3) is 0 Å². The van der Waals surface area contributed by atoms with Gasteiger partial charge in [-0.25, -0.2) is 14.3 Å². The highest BCUT2D eigenvalue weighted by Crippen LogP contribution is 2.53. The van der Waals surface area contributed by atoms with Crippen molar-refractivity contribution in [1.82, 2.24) is 14.3 Å². The molecule has 6 heteroatoms. The normalized spacial score (nSPS) is 13.4. The van der Waals surface area contributed by atoms with Crippen molar-refractivity contribution in [2.75, 3.05) is 11.9 Å². The first-order valence-electron chi connectivity index (χ1n) is 11.5. The van der Waals surface area contributed by atoms with E-state index in [1.165, 1.54) is 5.56 Å². The molecule has 0 spiro atoms. The van der Waals surface area contributed by atoms with Crippen LogP contribution in [0, 0.1) is 0 Å². The molecule has 172 valence electrons. The highest BCUT2D eigenvalue weighted by molar-refractivity contribution is 7.47. The molecule has 0 bridgehead atoms. The Kier molecular flexibility index (Phi) is 10.4. The smallest absolute Gasteiger partial charge is 0.189 e. The van der Waals surface area contributed by atoms with Gasteiger partial charge < -0.3 is 9.84 Å². The number of benzene rings is 1. The van der Waals surface area contributed by atoms with Crippen molar-refractivity contribution in [2.45, 2.75) is 85.7 Å². The largest absolute Gasteiger partial charge is 0.367 e. The molecule has 1 aromatic carbocycles. The summed E-state index contributed by atoms with van der Waals surface area (Å²) in [5.74, 6) is 0.866. The predicted molar refractivity (Wildman–Crippen MR) is 134 cm³/mol. The van der Waals surface area contributed by atoms with E-state index in [0.29, 0.717) is 30.7 Å². The zero-order chi connectivity index (χ0) is 23.0. The van der Waals surface area contributed by atoms with Gasteiger partial charge in [0.05, 0.1) is 0 Å². The molecule has 0 saturated heterocycles. The number of hydrogen-bond acceptors (Lipinski definition) is 5. The predicted octanol–water partition coefficient (Wildman–Crippen LogP) is 6.72. The van der Waals surface area contributed by atoms with E-state index in [1.807, 2.05) is 24.4 Å². The van der Waals surface area contributed by atoms with Crippen LogP contribution in [0.5, 0.6) is 0 Å².